The molecule has 22 heavy (non-hydrogen) atoms. The second-order valence-electron chi connectivity index (χ2n) is 4.42. The topological polar surface area (TPSA) is 96.0 Å². The Bertz CT molecular complexity index is 789. The molecule has 2 rings (SSSR count). The van der Waals surface area contributed by atoms with E-state index in [2.05, 4.69) is 5.32 Å². The number of anilines is 1. The smallest absolute Gasteiger partial charge is 0.293 e. The second kappa shape index (κ2) is 6.65. The first-order valence-corrected chi connectivity index (χ1v) is 7.11. The molecular weight excluding hydrogens is 302 g/mol. The largest absolute Gasteiger partial charge is 0.316 e. The molecule has 6 nitrogen and oxygen atoms in total. The van der Waals surface area contributed by atoms with Gasteiger partial charge in [0, 0.05) is 10.9 Å². The van der Waals surface area contributed by atoms with Crippen molar-refractivity contribution in [1.29, 1.82) is 5.26 Å². The van der Waals surface area contributed by atoms with Gasteiger partial charge in [0.25, 0.3) is 11.6 Å². The Hall–Kier alpha value is -2.98. The van der Waals surface area contributed by atoms with Crippen LogP contribution < -0.4 is 5.32 Å². The molecule has 1 aromatic heterocycles. The van der Waals surface area contributed by atoms with E-state index in [1.165, 1.54) is 29.5 Å². The Labute approximate surface area is 130 Å². The fourth-order valence-corrected chi connectivity index (χ4v) is 2.41. The number of nitriles is 1. The van der Waals surface area contributed by atoms with Crippen molar-refractivity contribution in [1.82, 2.24) is 0 Å². The predicted octanol–water partition coefficient (Wildman–Crippen LogP) is 3.51. The summed E-state index contributed by atoms with van der Waals surface area (Å²) in [6.45, 7) is 1.72. The van der Waals surface area contributed by atoms with Crippen LogP contribution in [0, 0.1) is 28.4 Å². The van der Waals surface area contributed by atoms with Gasteiger partial charge in [0.1, 0.15) is 17.3 Å². The standard InChI is InChI=1S/C15H11N3O3S/c1-10-4-5-13(14(7-10)18(20)21)17-15(19)11(9-16)8-12-3-2-6-22-12/h2-8H,1H3,(H,17,19)/b11-8+. The number of nitrogens with one attached hydrogen (secondary N) is 1. The molecule has 1 amide bonds. The van der Waals surface area contributed by atoms with Crippen LogP contribution in [0.3, 0.4) is 0 Å². The first-order chi connectivity index (χ1) is 10.5. The van der Waals surface area contributed by atoms with Crippen LogP contribution in [0.15, 0.2) is 41.3 Å². The molecule has 2 aromatic rings. The van der Waals surface area contributed by atoms with Gasteiger partial charge < -0.3 is 5.32 Å². The molecule has 1 heterocycles. The number of aryl methyl sites for hydroxylation is 1. The van der Waals surface area contributed by atoms with Gasteiger partial charge in [-0.05, 0) is 36.1 Å². The minimum atomic E-state index is -0.678. The Morgan fingerprint density at radius 1 is 1.45 bits per heavy atom. The number of nitrogens with zero attached hydrogens (tertiary/aromatic N) is 2. The number of carbonyl (C=O) groups excluding carboxylic acids is 1. The Balaban J connectivity index is 2.29. The summed E-state index contributed by atoms with van der Waals surface area (Å²) in [5.41, 5.74) is 0.450. The van der Waals surface area contributed by atoms with Crippen LogP contribution >= 0.6 is 11.3 Å². The third-order valence-corrected chi connectivity index (χ3v) is 3.61. The van der Waals surface area contributed by atoms with Gasteiger partial charge in [0.15, 0.2) is 0 Å². The van der Waals surface area contributed by atoms with E-state index in [0.29, 0.717) is 5.56 Å². The number of thiophene rings is 1. The zero-order valence-electron chi connectivity index (χ0n) is 11.6. The van der Waals surface area contributed by atoms with Crippen molar-refractivity contribution in [3.8, 4) is 6.07 Å². The van der Waals surface area contributed by atoms with E-state index in [9.17, 15) is 14.9 Å². The third kappa shape index (κ3) is 3.56. The van der Waals surface area contributed by atoms with Crippen LogP contribution in [-0.4, -0.2) is 10.8 Å². The molecule has 0 spiro atoms. The lowest BCUT2D eigenvalue weighted by Crippen LogP contribution is -2.14. The monoisotopic (exact) mass is 313 g/mol. The van der Waals surface area contributed by atoms with E-state index in [1.54, 1.807) is 31.2 Å². The number of hydrogen-bond acceptors (Lipinski definition) is 5. The van der Waals surface area contributed by atoms with Crippen molar-refractivity contribution >= 4 is 34.7 Å². The minimum absolute atomic E-state index is 0.0629. The molecule has 0 bridgehead atoms. The molecule has 7 heteroatoms. The summed E-state index contributed by atoms with van der Waals surface area (Å²) in [5, 5.41) is 24.4. The molecule has 1 aromatic carbocycles. The lowest BCUT2D eigenvalue weighted by molar-refractivity contribution is -0.384. The summed E-state index contributed by atoms with van der Waals surface area (Å²) < 4.78 is 0. The van der Waals surface area contributed by atoms with E-state index in [0.717, 1.165) is 4.88 Å². The van der Waals surface area contributed by atoms with Crippen LogP contribution in [0.4, 0.5) is 11.4 Å². The van der Waals surface area contributed by atoms with E-state index in [-0.39, 0.29) is 16.9 Å². The van der Waals surface area contributed by atoms with Crippen LogP contribution in [0.5, 0.6) is 0 Å². The zero-order chi connectivity index (χ0) is 16.1. The van der Waals surface area contributed by atoms with Crippen molar-refractivity contribution < 1.29 is 9.72 Å². The van der Waals surface area contributed by atoms with E-state index in [1.807, 2.05) is 5.38 Å². The summed E-state index contributed by atoms with van der Waals surface area (Å²) in [4.78, 5) is 23.3. The molecule has 1 N–H and O–H groups in total. The van der Waals surface area contributed by atoms with E-state index in [4.69, 9.17) is 5.26 Å². The number of hydrogen-bond donors (Lipinski definition) is 1. The summed E-state index contributed by atoms with van der Waals surface area (Å²) in [6, 6.07) is 9.84. The van der Waals surface area contributed by atoms with Crippen LogP contribution in [0.1, 0.15) is 10.4 Å². The quantitative estimate of drug-likeness (QED) is 0.404. The van der Waals surface area contributed by atoms with Crippen LogP contribution in [0.25, 0.3) is 6.08 Å². The van der Waals surface area contributed by atoms with Gasteiger partial charge in [-0.25, -0.2) is 0 Å². The number of nitro groups is 1. The maximum atomic E-state index is 12.1. The van der Waals surface area contributed by atoms with Crippen molar-refractivity contribution in [2.24, 2.45) is 0 Å². The average Bonchev–Trinajstić information content (AvgIpc) is 2.99. The zero-order valence-corrected chi connectivity index (χ0v) is 12.4. The average molecular weight is 313 g/mol. The van der Waals surface area contributed by atoms with Gasteiger partial charge in [-0.15, -0.1) is 11.3 Å². The summed E-state index contributed by atoms with van der Waals surface area (Å²) in [7, 11) is 0. The number of nitro benzene ring substituents is 1. The van der Waals surface area contributed by atoms with Gasteiger partial charge in [0.05, 0.1) is 4.92 Å². The fourth-order valence-electron chi connectivity index (χ4n) is 1.75. The first kappa shape index (κ1) is 15.4. The maximum Gasteiger partial charge on any atom is 0.293 e. The van der Waals surface area contributed by atoms with Crippen molar-refractivity contribution in [2.45, 2.75) is 6.92 Å². The molecule has 0 aliphatic carbocycles. The van der Waals surface area contributed by atoms with Gasteiger partial charge in [-0.3, -0.25) is 14.9 Å². The molecule has 0 atom stereocenters. The highest BCUT2D eigenvalue weighted by Crippen LogP contribution is 2.26. The van der Waals surface area contributed by atoms with Gasteiger partial charge in [-0.2, -0.15) is 5.26 Å². The molecule has 0 saturated heterocycles. The lowest BCUT2D eigenvalue weighted by Gasteiger charge is -2.05. The van der Waals surface area contributed by atoms with Crippen LogP contribution in [0.2, 0.25) is 0 Å². The highest BCUT2D eigenvalue weighted by atomic mass is 32.1. The summed E-state index contributed by atoms with van der Waals surface area (Å²) in [5.74, 6) is -0.678. The molecule has 0 radical (unpaired) electrons. The fraction of sp³-hybridized carbons (Fsp3) is 0.0667. The number of amides is 1. The Morgan fingerprint density at radius 3 is 2.82 bits per heavy atom. The molecular formula is C15H11N3O3S. The highest BCUT2D eigenvalue weighted by molar-refractivity contribution is 7.10. The second-order valence-corrected chi connectivity index (χ2v) is 5.40. The van der Waals surface area contributed by atoms with Gasteiger partial charge >= 0.3 is 0 Å². The molecule has 0 unspecified atom stereocenters. The van der Waals surface area contributed by atoms with Gasteiger partial charge in [-0.1, -0.05) is 12.1 Å². The highest BCUT2D eigenvalue weighted by Gasteiger charge is 2.18. The number of rotatable bonds is 4. The normalized spacial score (nSPS) is 10.8. The number of carbonyl (C=O) groups is 1. The number of benzene rings is 1. The van der Waals surface area contributed by atoms with E-state index < -0.39 is 10.8 Å². The van der Waals surface area contributed by atoms with Crippen LogP contribution in [-0.2, 0) is 4.79 Å². The predicted molar refractivity (Wildman–Crippen MR) is 84.4 cm³/mol. The third-order valence-electron chi connectivity index (χ3n) is 2.79. The van der Waals surface area contributed by atoms with Crippen molar-refractivity contribution in [3.05, 3.63) is 61.8 Å². The molecule has 0 aliphatic rings. The van der Waals surface area contributed by atoms with Crippen molar-refractivity contribution in [2.75, 3.05) is 5.32 Å². The summed E-state index contributed by atoms with van der Waals surface area (Å²) in [6.07, 6.45) is 1.44. The molecule has 0 aliphatic heterocycles. The van der Waals surface area contributed by atoms with Gasteiger partial charge in [0.2, 0.25) is 0 Å². The lowest BCUT2D eigenvalue weighted by atomic mass is 10.1. The summed E-state index contributed by atoms with van der Waals surface area (Å²) >= 11 is 1.38. The maximum absolute atomic E-state index is 12.1. The molecule has 0 fully saturated rings. The Kier molecular flexibility index (Phi) is 4.66. The molecule has 0 saturated carbocycles. The van der Waals surface area contributed by atoms with E-state index >= 15 is 0 Å². The van der Waals surface area contributed by atoms with Crippen molar-refractivity contribution in [3.63, 3.8) is 0 Å². The molecule has 110 valence electrons. The first-order valence-electron chi connectivity index (χ1n) is 6.23. The minimum Gasteiger partial charge on any atom is -0.316 e. The SMILES string of the molecule is Cc1ccc(NC(=O)/C(C#N)=C/c2cccs2)c([N+](=O)[O-])c1. The Morgan fingerprint density at radius 2 is 2.23 bits per heavy atom.